The van der Waals surface area contributed by atoms with Crippen molar-refractivity contribution in [3.8, 4) is 0 Å². The second kappa shape index (κ2) is 8.04. The lowest BCUT2D eigenvalue weighted by Crippen LogP contribution is -2.23. The lowest BCUT2D eigenvalue weighted by atomic mass is 10.2. The van der Waals surface area contributed by atoms with Crippen molar-refractivity contribution < 1.29 is 15.2 Å². The van der Waals surface area contributed by atoms with Gasteiger partial charge in [-0.05, 0) is 38.1 Å². The molecule has 2 rings (SSSR count). The lowest BCUT2D eigenvalue weighted by Gasteiger charge is -2.11. The first-order valence-electron chi connectivity index (χ1n) is 6.47. The molecule has 0 aliphatic rings. The van der Waals surface area contributed by atoms with Crippen LogP contribution in [0.2, 0.25) is 0 Å². The Labute approximate surface area is 124 Å². The zero-order valence-electron chi connectivity index (χ0n) is 12.4. The second-order valence-corrected chi connectivity index (χ2v) is 4.64. The van der Waals surface area contributed by atoms with Gasteiger partial charge < -0.3 is 0 Å². The Balaban J connectivity index is 0.000000219. The van der Waals surface area contributed by atoms with Crippen LogP contribution in [-0.4, -0.2) is 16.3 Å². The van der Waals surface area contributed by atoms with Crippen molar-refractivity contribution in [1.29, 1.82) is 0 Å². The molecule has 0 aromatic heterocycles. The molecule has 21 heavy (non-hydrogen) atoms. The van der Waals surface area contributed by atoms with Crippen LogP contribution in [0, 0.1) is 13.8 Å². The van der Waals surface area contributed by atoms with Gasteiger partial charge >= 0.3 is 0 Å². The Bertz CT molecular complexity index is 565. The van der Waals surface area contributed by atoms with E-state index in [4.69, 9.17) is 5.21 Å². The van der Waals surface area contributed by atoms with E-state index in [2.05, 4.69) is 5.48 Å². The van der Waals surface area contributed by atoms with Crippen LogP contribution < -0.4 is 10.5 Å². The normalized spacial score (nSPS) is 9.38. The number of nitrogens with one attached hydrogen (secondary N) is 1. The number of rotatable bonds is 2. The molecule has 0 aliphatic heterocycles. The minimum atomic E-state index is -0.390. The van der Waals surface area contributed by atoms with Gasteiger partial charge in [0, 0.05) is 6.92 Å². The third-order valence-corrected chi connectivity index (χ3v) is 2.76. The van der Waals surface area contributed by atoms with E-state index in [9.17, 15) is 10.0 Å². The van der Waals surface area contributed by atoms with Gasteiger partial charge in [0.15, 0.2) is 0 Å². The molecule has 5 nitrogen and oxygen atoms in total. The molecule has 0 spiro atoms. The Morgan fingerprint density at radius 2 is 1.38 bits per heavy atom. The summed E-state index contributed by atoms with van der Waals surface area (Å²) in [6, 6.07) is 14.5. The van der Waals surface area contributed by atoms with Crippen molar-refractivity contribution in [2.75, 3.05) is 10.5 Å². The Kier molecular flexibility index (Phi) is 6.39. The van der Waals surface area contributed by atoms with Gasteiger partial charge in [0.2, 0.25) is 5.91 Å². The lowest BCUT2D eigenvalue weighted by molar-refractivity contribution is -0.121. The first-order valence-corrected chi connectivity index (χ1v) is 6.47. The Morgan fingerprint density at radius 3 is 1.76 bits per heavy atom. The predicted octanol–water partition coefficient (Wildman–Crippen LogP) is 3.53. The molecule has 0 saturated carbocycles. The van der Waals surface area contributed by atoms with Crippen LogP contribution >= 0.6 is 0 Å². The maximum atomic E-state index is 10.7. The van der Waals surface area contributed by atoms with Crippen molar-refractivity contribution in [3.63, 3.8) is 0 Å². The topological polar surface area (TPSA) is 72.8 Å². The minimum absolute atomic E-state index is 0.390. The monoisotopic (exact) mass is 288 g/mol. The molecule has 112 valence electrons. The summed E-state index contributed by atoms with van der Waals surface area (Å²) in [4.78, 5) is 10.7. The summed E-state index contributed by atoms with van der Waals surface area (Å²) in [6.07, 6.45) is 0. The number of nitrogens with zero attached hydrogens (tertiary/aromatic N) is 1. The van der Waals surface area contributed by atoms with Gasteiger partial charge in [-0.3, -0.25) is 20.7 Å². The summed E-state index contributed by atoms with van der Waals surface area (Å²) in [6.45, 7) is 5.25. The number of aryl methyl sites for hydroxylation is 2. The highest BCUT2D eigenvalue weighted by Gasteiger charge is 2.05. The highest BCUT2D eigenvalue weighted by atomic mass is 16.5. The summed E-state index contributed by atoms with van der Waals surface area (Å²) in [7, 11) is 0. The van der Waals surface area contributed by atoms with Crippen LogP contribution in [0.3, 0.4) is 0 Å². The molecular formula is C16H20N2O3. The van der Waals surface area contributed by atoms with Crippen LogP contribution in [0.15, 0.2) is 48.5 Å². The molecule has 1 amide bonds. The third kappa shape index (κ3) is 5.64. The SMILES string of the molecule is CC(=O)N(O)c1ccc(C)cc1.Cc1ccc(NO)cc1. The maximum Gasteiger partial charge on any atom is 0.247 e. The first kappa shape index (κ1) is 16.7. The molecule has 0 unspecified atom stereocenters. The quantitative estimate of drug-likeness (QED) is 0.584. The van der Waals surface area contributed by atoms with E-state index in [1.54, 1.807) is 12.1 Å². The van der Waals surface area contributed by atoms with E-state index in [-0.39, 0.29) is 5.91 Å². The van der Waals surface area contributed by atoms with Crippen LogP contribution in [0.1, 0.15) is 18.1 Å². The maximum absolute atomic E-state index is 10.7. The minimum Gasteiger partial charge on any atom is -0.291 e. The predicted molar refractivity (Wildman–Crippen MR) is 82.7 cm³/mol. The van der Waals surface area contributed by atoms with Gasteiger partial charge in [-0.25, -0.2) is 0 Å². The van der Waals surface area contributed by atoms with Crippen LogP contribution in [-0.2, 0) is 4.79 Å². The number of hydrogen-bond acceptors (Lipinski definition) is 4. The van der Waals surface area contributed by atoms with Crippen molar-refractivity contribution in [2.24, 2.45) is 0 Å². The average molecular weight is 288 g/mol. The summed E-state index contributed by atoms with van der Waals surface area (Å²) >= 11 is 0. The van der Waals surface area contributed by atoms with E-state index in [1.165, 1.54) is 12.5 Å². The second-order valence-electron chi connectivity index (χ2n) is 4.64. The molecule has 0 fully saturated rings. The summed E-state index contributed by atoms with van der Waals surface area (Å²) < 4.78 is 0. The fourth-order valence-corrected chi connectivity index (χ4v) is 1.50. The number of anilines is 2. The molecule has 0 radical (unpaired) electrons. The van der Waals surface area contributed by atoms with E-state index >= 15 is 0 Å². The van der Waals surface area contributed by atoms with Crippen molar-refractivity contribution in [3.05, 3.63) is 59.7 Å². The fourth-order valence-electron chi connectivity index (χ4n) is 1.50. The van der Waals surface area contributed by atoms with Crippen LogP contribution in [0.4, 0.5) is 11.4 Å². The Morgan fingerprint density at radius 1 is 0.952 bits per heavy atom. The van der Waals surface area contributed by atoms with E-state index in [1.807, 2.05) is 50.2 Å². The average Bonchev–Trinajstić information content (AvgIpc) is 2.49. The smallest absolute Gasteiger partial charge is 0.247 e. The van der Waals surface area contributed by atoms with Gasteiger partial charge in [0.25, 0.3) is 0 Å². The number of carbonyl (C=O) groups is 1. The molecule has 0 bridgehead atoms. The molecule has 0 heterocycles. The van der Waals surface area contributed by atoms with E-state index in [0.29, 0.717) is 10.8 Å². The van der Waals surface area contributed by atoms with Gasteiger partial charge in [0.05, 0.1) is 11.4 Å². The van der Waals surface area contributed by atoms with Gasteiger partial charge in [0.1, 0.15) is 0 Å². The van der Waals surface area contributed by atoms with E-state index in [0.717, 1.165) is 11.3 Å². The third-order valence-electron chi connectivity index (χ3n) is 2.76. The molecule has 3 N–H and O–H groups in total. The highest BCUT2D eigenvalue weighted by molar-refractivity contribution is 5.88. The van der Waals surface area contributed by atoms with Crippen molar-refractivity contribution in [1.82, 2.24) is 0 Å². The van der Waals surface area contributed by atoms with Crippen molar-refractivity contribution >= 4 is 17.3 Å². The van der Waals surface area contributed by atoms with Crippen LogP contribution in [0.5, 0.6) is 0 Å². The number of hydroxylamine groups is 1. The van der Waals surface area contributed by atoms with Gasteiger partial charge in [-0.1, -0.05) is 35.4 Å². The van der Waals surface area contributed by atoms with Crippen molar-refractivity contribution in [2.45, 2.75) is 20.8 Å². The largest absolute Gasteiger partial charge is 0.291 e. The standard InChI is InChI=1S/C9H11NO2.C7H9NO/c1-7-3-5-9(6-4-7)10(12)8(2)11;1-6-2-4-7(8-9)5-3-6/h3-6,12H,1-2H3;2-5,8-9H,1H3. The molecular weight excluding hydrogens is 268 g/mol. The summed E-state index contributed by atoms with van der Waals surface area (Å²) in [5, 5.41) is 18.2. The first-order chi connectivity index (χ1) is 9.93. The molecule has 2 aromatic carbocycles. The summed E-state index contributed by atoms with van der Waals surface area (Å²) in [5.74, 6) is -0.390. The molecule has 0 atom stereocenters. The zero-order chi connectivity index (χ0) is 15.8. The summed E-state index contributed by atoms with van der Waals surface area (Å²) in [5.41, 5.74) is 5.55. The number of carbonyl (C=O) groups excluding carboxylic acids is 1. The number of hydrogen-bond donors (Lipinski definition) is 3. The Hall–Kier alpha value is -2.37. The number of benzene rings is 2. The molecule has 0 saturated heterocycles. The molecule has 2 aromatic rings. The van der Waals surface area contributed by atoms with Gasteiger partial charge in [-0.15, -0.1) is 0 Å². The highest BCUT2D eigenvalue weighted by Crippen LogP contribution is 2.12. The molecule has 5 heteroatoms. The van der Waals surface area contributed by atoms with Crippen LogP contribution in [0.25, 0.3) is 0 Å². The molecule has 0 aliphatic carbocycles. The fraction of sp³-hybridized carbons (Fsp3) is 0.188. The number of amides is 1. The van der Waals surface area contributed by atoms with Gasteiger partial charge in [-0.2, -0.15) is 5.06 Å². The van der Waals surface area contributed by atoms with E-state index < -0.39 is 0 Å². The zero-order valence-corrected chi connectivity index (χ0v) is 12.4.